The average Bonchev–Trinajstić information content (AvgIpc) is 2.99. The second-order valence-electron chi connectivity index (χ2n) is 11.1. The largest absolute Gasteiger partial charge is 0.464 e. The Hall–Kier alpha value is -5.25. The summed E-state index contributed by atoms with van der Waals surface area (Å²) in [5.74, 6) is -1.10. The Balaban J connectivity index is 1.57. The van der Waals surface area contributed by atoms with Gasteiger partial charge in [0.15, 0.2) is 6.61 Å². The van der Waals surface area contributed by atoms with Crippen LogP contribution in [0.3, 0.4) is 0 Å². The molecule has 0 fully saturated rings. The maximum absolute atomic E-state index is 13.7. The number of hydrogen-bond acceptors (Lipinski definition) is 8. The normalized spacial score (nSPS) is 11.6. The van der Waals surface area contributed by atoms with Crippen LogP contribution in [0.5, 0.6) is 5.88 Å². The number of amides is 2. The summed E-state index contributed by atoms with van der Waals surface area (Å²) in [7, 11) is 0. The summed E-state index contributed by atoms with van der Waals surface area (Å²) in [6, 6.07) is 22.9. The van der Waals surface area contributed by atoms with Crippen LogP contribution in [-0.4, -0.2) is 46.2 Å². The summed E-state index contributed by atoms with van der Waals surface area (Å²) >= 11 is 0. The summed E-state index contributed by atoms with van der Waals surface area (Å²) in [5.41, 5.74) is 3.47. The van der Waals surface area contributed by atoms with Crippen LogP contribution in [0, 0.1) is 6.92 Å². The van der Waals surface area contributed by atoms with E-state index in [9.17, 15) is 14.4 Å². The number of alkyl carbamates (subject to hydrolysis) is 1. The van der Waals surface area contributed by atoms with E-state index in [-0.39, 0.29) is 24.6 Å². The van der Waals surface area contributed by atoms with Gasteiger partial charge in [0.2, 0.25) is 11.8 Å². The van der Waals surface area contributed by atoms with E-state index in [1.807, 2.05) is 79.7 Å². The van der Waals surface area contributed by atoms with Gasteiger partial charge in [0.05, 0.1) is 0 Å². The second-order valence-corrected chi connectivity index (χ2v) is 11.1. The van der Waals surface area contributed by atoms with Crippen molar-refractivity contribution in [1.82, 2.24) is 15.3 Å². The molecule has 1 unspecified atom stereocenters. The van der Waals surface area contributed by atoms with Gasteiger partial charge in [0, 0.05) is 30.1 Å². The van der Waals surface area contributed by atoms with Gasteiger partial charge in [-0.15, -0.1) is 0 Å². The zero-order valence-electron chi connectivity index (χ0n) is 25.2. The minimum Gasteiger partial charge on any atom is -0.464 e. The molecule has 0 aliphatic heterocycles. The first-order valence-electron chi connectivity index (χ1n) is 14.2. The highest BCUT2D eigenvalue weighted by Gasteiger charge is 2.25. The Labute approximate surface area is 256 Å². The number of nitrogens with one attached hydrogen (secondary N) is 2. The van der Waals surface area contributed by atoms with Crippen molar-refractivity contribution in [2.75, 3.05) is 11.9 Å². The third kappa shape index (κ3) is 9.94. The number of benzene rings is 2. The monoisotopic (exact) mass is 596 g/mol. The molecule has 0 aliphatic carbocycles. The van der Waals surface area contributed by atoms with Gasteiger partial charge in [-0.05, 0) is 62.6 Å². The fourth-order valence-electron chi connectivity index (χ4n) is 4.22. The number of esters is 1. The number of aromatic nitrogens is 2. The molecule has 1 atom stereocenters. The van der Waals surface area contributed by atoms with Gasteiger partial charge in [-0.25, -0.2) is 14.6 Å². The van der Waals surface area contributed by atoms with Crippen molar-refractivity contribution in [3.05, 3.63) is 108 Å². The number of carbonyl (C=O) groups excluding carboxylic acids is 3. The fraction of sp³-hybridized carbons (Fsp3) is 0.265. The number of aryl methyl sites for hydroxylation is 1. The SMILES string of the molecule is Cc1cc(-c2cnc(OCC(=O)OC(C)(C)C)c(NC(=O)C(Cc3ccccc3)NC(=O)OCc3ccccc3)c2)ccn1. The maximum Gasteiger partial charge on any atom is 0.408 e. The predicted octanol–water partition coefficient (Wildman–Crippen LogP) is 5.65. The maximum atomic E-state index is 13.7. The number of carbonyl (C=O) groups is 3. The first-order chi connectivity index (χ1) is 21.1. The van der Waals surface area contributed by atoms with Crippen LogP contribution in [-0.2, 0) is 32.1 Å². The molecule has 10 nitrogen and oxygen atoms in total. The van der Waals surface area contributed by atoms with Crippen LogP contribution in [0.1, 0.15) is 37.6 Å². The van der Waals surface area contributed by atoms with Crippen LogP contribution in [0.15, 0.2) is 91.3 Å². The van der Waals surface area contributed by atoms with Gasteiger partial charge in [-0.1, -0.05) is 60.7 Å². The molecule has 4 rings (SSSR count). The van der Waals surface area contributed by atoms with E-state index in [1.54, 1.807) is 39.2 Å². The van der Waals surface area contributed by atoms with Crippen molar-refractivity contribution >= 4 is 23.7 Å². The number of ether oxygens (including phenoxy) is 3. The molecule has 2 amide bonds. The molecule has 0 saturated heterocycles. The van der Waals surface area contributed by atoms with Gasteiger partial charge in [-0.2, -0.15) is 0 Å². The van der Waals surface area contributed by atoms with E-state index in [4.69, 9.17) is 14.2 Å². The Bertz CT molecular complexity index is 1570. The molecule has 2 heterocycles. The van der Waals surface area contributed by atoms with E-state index in [0.29, 0.717) is 5.56 Å². The molecule has 2 aromatic heterocycles. The zero-order chi connectivity index (χ0) is 31.5. The molecular weight excluding hydrogens is 560 g/mol. The van der Waals surface area contributed by atoms with Crippen molar-refractivity contribution < 1.29 is 28.6 Å². The van der Waals surface area contributed by atoms with E-state index in [1.165, 1.54) is 0 Å². The predicted molar refractivity (Wildman–Crippen MR) is 166 cm³/mol. The third-order valence-electron chi connectivity index (χ3n) is 6.19. The van der Waals surface area contributed by atoms with Crippen LogP contribution >= 0.6 is 0 Å². The summed E-state index contributed by atoms with van der Waals surface area (Å²) in [6.07, 6.45) is 2.70. The smallest absolute Gasteiger partial charge is 0.408 e. The standard InChI is InChI=1S/C34H36N4O6/c1-23-17-26(15-16-35-23)27-19-29(32(36-20-27)42-22-30(39)44-34(2,3)4)37-31(40)28(18-24-11-7-5-8-12-24)38-33(41)43-21-25-13-9-6-10-14-25/h5-17,19-20,28H,18,21-22H2,1-4H3,(H,37,40)(H,38,41). The average molecular weight is 597 g/mol. The Morgan fingerprint density at radius 1 is 0.864 bits per heavy atom. The van der Waals surface area contributed by atoms with Crippen LogP contribution < -0.4 is 15.4 Å². The van der Waals surface area contributed by atoms with Crippen molar-refractivity contribution in [3.63, 3.8) is 0 Å². The molecule has 2 N–H and O–H groups in total. The lowest BCUT2D eigenvalue weighted by molar-refractivity contribution is -0.157. The Morgan fingerprint density at radius 3 is 2.20 bits per heavy atom. The lowest BCUT2D eigenvalue weighted by Crippen LogP contribution is -2.45. The molecule has 0 spiro atoms. The van der Waals surface area contributed by atoms with Gasteiger partial charge >= 0.3 is 12.1 Å². The number of anilines is 1. The molecule has 2 aromatic carbocycles. The molecule has 0 saturated carbocycles. The highest BCUT2D eigenvalue weighted by Crippen LogP contribution is 2.29. The van der Waals surface area contributed by atoms with Gasteiger partial charge in [0.25, 0.3) is 0 Å². The van der Waals surface area contributed by atoms with E-state index in [0.717, 1.165) is 22.4 Å². The summed E-state index contributed by atoms with van der Waals surface area (Å²) < 4.78 is 16.4. The molecule has 0 radical (unpaired) electrons. The van der Waals surface area contributed by atoms with Gasteiger partial charge < -0.3 is 24.8 Å². The number of pyridine rings is 2. The molecule has 10 heteroatoms. The fourth-order valence-corrected chi connectivity index (χ4v) is 4.22. The van der Waals surface area contributed by atoms with Crippen molar-refractivity contribution in [2.24, 2.45) is 0 Å². The van der Waals surface area contributed by atoms with Crippen molar-refractivity contribution in [1.29, 1.82) is 0 Å². The second kappa shape index (κ2) is 14.8. The first-order valence-corrected chi connectivity index (χ1v) is 14.2. The molecule has 4 aromatic rings. The van der Waals surface area contributed by atoms with E-state index >= 15 is 0 Å². The summed E-state index contributed by atoms with van der Waals surface area (Å²) in [5, 5.41) is 5.53. The number of nitrogens with zero attached hydrogens (tertiary/aromatic N) is 2. The molecule has 0 bridgehead atoms. The summed E-state index contributed by atoms with van der Waals surface area (Å²) in [6.45, 7) is 6.76. The minimum absolute atomic E-state index is 0.0175. The van der Waals surface area contributed by atoms with Gasteiger partial charge in [0.1, 0.15) is 23.9 Å². The topological polar surface area (TPSA) is 129 Å². The van der Waals surface area contributed by atoms with Crippen LogP contribution in [0.4, 0.5) is 10.5 Å². The molecule has 228 valence electrons. The molecular formula is C34H36N4O6. The van der Waals surface area contributed by atoms with Crippen molar-refractivity contribution in [2.45, 2.75) is 52.4 Å². The quantitative estimate of drug-likeness (QED) is 0.213. The lowest BCUT2D eigenvalue weighted by Gasteiger charge is -2.21. The van der Waals surface area contributed by atoms with Crippen LogP contribution in [0.2, 0.25) is 0 Å². The molecule has 44 heavy (non-hydrogen) atoms. The van der Waals surface area contributed by atoms with Crippen LogP contribution in [0.25, 0.3) is 11.1 Å². The zero-order valence-corrected chi connectivity index (χ0v) is 25.2. The van der Waals surface area contributed by atoms with E-state index < -0.39 is 36.2 Å². The third-order valence-corrected chi connectivity index (χ3v) is 6.19. The highest BCUT2D eigenvalue weighted by atomic mass is 16.6. The highest BCUT2D eigenvalue weighted by molar-refractivity contribution is 5.98. The number of hydrogen-bond donors (Lipinski definition) is 2. The summed E-state index contributed by atoms with van der Waals surface area (Å²) in [4.78, 5) is 47.5. The van der Waals surface area contributed by atoms with Gasteiger partial charge in [-0.3, -0.25) is 9.78 Å². The first kappa shape index (κ1) is 31.7. The molecule has 0 aliphatic rings. The lowest BCUT2D eigenvalue weighted by atomic mass is 10.0. The van der Waals surface area contributed by atoms with E-state index in [2.05, 4.69) is 20.6 Å². The number of rotatable bonds is 11. The Kier molecular flexibility index (Phi) is 10.6. The van der Waals surface area contributed by atoms with Crippen molar-refractivity contribution in [3.8, 4) is 17.0 Å². The Morgan fingerprint density at radius 2 is 1.55 bits per heavy atom. The minimum atomic E-state index is -1.01.